The quantitative estimate of drug-likeness (QED) is 0.888. The Morgan fingerprint density at radius 1 is 1.15 bits per heavy atom. The summed E-state index contributed by atoms with van der Waals surface area (Å²) in [6, 6.07) is 9.41. The number of nitrogens with zero attached hydrogens (tertiary/aromatic N) is 2. The van der Waals surface area contributed by atoms with Crippen LogP contribution < -0.4 is 15.5 Å². The molecule has 1 fully saturated rings. The molecule has 0 spiro atoms. The van der Waals surface area contributed by atoms with Crippen molar-refractivity contribution >= 4 is 23.3 Å². The SMILES string of the molecule is O=C1CCc2cc(C(=O)NCc3ccnc(N4CCCC4)c3)ccc2N1. The van der Waals surface area contributed by atoms with Crippen molar-refractivity contribution in [2.45, 2.75) is 32.2 Å². The molecule has 0 unspecified atom stereocenters. The summed E-state index contributed by atoms with van der Waals surface area (Å²) in [5.74, 6) is 0.907. The molecule has 6 heteroatoms. The topological polar surface area (TPSA) is 74.3 Å². The maximum Gasteiger partial charge on any atom is 0.251 e. The minimum Gasteiger partial charge on any atom is -0.357 e. The number of carbonyl (C=O) groups is 2. The minimum atomic E-state index is -0.107. The first-order chi connectivity index (χ1) is 12.7. The van der Waals surface area contributed by atoms with Crippen molar-refractivity contribution < 1.29 is 9.59 Å². The molecule has 134 valence electrons. The van der Waals surface area contributed by atoms with E-state index in [-0.39, 0.29) is 11.8 Å². The van der Waals surface area contributed by atoms with Gasteiger partial charge >= 0.3 is 0 Å². The first kappa shape index (κ1) is 16.6. The molecule has 2 aromatic rings. The molecule has 4 rings (SSSR count). The zero-order valence-electron chi connectivity index (χ0n) is 14.6. The third-order valence-electron chi connectivity index (χ3n) is 4.96. The number of benzene rings is 1. The van der Waals surface area contributed by atoms with Crippen LogP contribution >= 0.6 is 0 Å². The molecule has 0 radical (unpaired) electrons. The van der Waals surface area contributed by atoms with Gasteiger partial charge in [0, 0.05) is 43.5 Å². The van der Waals surface area contributed by atoms with Crippen molar-refractivity contribution in [1.29, 1.82) is 0 Å². The summed E-state index contributed by atoms with van der Waals surface area (Å²) in [6.07, 6.45) is 5.36. The largest absolute Gasteiger partial charge is 0.357 e. The lowest BCUT2D eigenvalue weighted by Crippen LogP contribution is -2.24. The summed E-state index contributed by atoms with van der Waals surface area (Å²) >= 11 is 0. The second-order valence-electron chi connectivity index (χ2n) is 6.82. The van der Waals surface area contributed by atoms with Crippen LogP contribution in [-0.2, 0) is 17.8 Å². The number of carbonyl (C=O) groups excluding carboxylic acids is 2. The predicted molar refractivity (Wildman–Crippen MR) is 100 cm³/mol. The molecule has 0 saturated carbocycles. The number of fused-ring (bicyclic) bond motifs is 1. The number of nitrogens with one attached hydrogen (secondary N) is 2. The van der Waals surface area contributed by atoms with Crippen LogP contribution in [0.4, 0.5) is 11.5 Å². The highest BCUT2D eigenvalue weighted by Gasteiger charge is 2.17. The minimum absolute atomic E-state index is 0.0289. The van der Waals surface area contributed by atoms with E-state index in [1.165, 1.54) is 12.8 Å². The van der Waals surface area contributed by atoms with Crippen molar-refractivity contribution in [1.82, 2.24) is 10.3 Å². The number of aryl methyl sites for hydroxylation is 1. The second-order valence-corrected chi connectivity index (χ2v) is 6.82. The second kappa shape index (κ2) is 7.15. The van der Waals surface area contributed by atoms with Gasteiger partial charge in [-0.25, -0.2) is 4.98 Å². The van der Waals surface area contributed by atoms with E-state index in [9.17, 15) is 9.59 Å². The molecule has 0 atom stereocenters. The summed E-state index contributed by atoms with van der Waals surface area (Å²) in [5, 5.41) is 5.81. The summed E-state index contributed by atoms with van der Waals surface area (Å²) in [4.78, 5) is 30.6. The molecule has 1 saturated heterocycles. The van der Waals surface area contributed by atoms with E-state index >= 15 is 0 Å². The zero-order valence-corrected chi connectivity index (χ0v) is 14.6. The van der Waals surface area contributed by atoms with Crippen molar-refractivity contribution in [3.05, 3.63) is 53.2 Å². The normalized spacial score (nSPS) is 16.2. The summed E-state index contributed by atoms with van der Waals surface area (Å²) in [5.41, 5.74) is 3.48. The molecule has 2 N–H and O–H groups in total. The Labute approximate surface area is 152 Å². The maximum absolute atomic E-state index is 12.5. The lowest BCUT2D eigenvalue weighted by atomic mass is 10.00. The maximum atomic E-state index is 12.5. The fourth-order valence-corrected chi connectivity index (χ4v) is 3.50. The van der Waals surface area contributed by atoms with Gasteiger partial charge in [0.1, 0.15) is 5.82 Å². The lowest BCUT2D eigenvalue weighted by Gasteiger charge is -2.18. The van der Waals surface area contributed by atoms with Gasteiger partial charge in [-0.1, -0.05) is 0 Å². The summed E-state index contributed by atoms with van der Waals surface area (Å²) in [7, 11) is 0. The van der Waals surface area contributed by atoms with E-state index in [1.807, 2.05) is 18.2 Å². The number of anilines is 2. The molecule has 2 aliphatic rings. The van der Waals surface area contributed by atoms with Gasteiger partial charge in [0.25, 0.3) is 5.91 Å². The fourth-order valence-electron chi connectivity index (χ4n) is 3.50. The van der Waals surface area contributed by atoms with Gasteiger partial charge in [-0.2, -0.15) is 0 Å². The molecule has 1 aromatic carbocycles. The van der Waals surface area contributed by atoms with Crippen LogP contribution in [-0.4, -0.2) is 29.9 Å². The highest BCUT2D eigenvalue weighted by molar-refractivity contribution is 5.97. The molecular weight excluding hydrogens is 328 g/mol. The van der Waals surface area contributed by atoms with Crippen LogP contribution in [0.25, 0.3) is 0 Å². The molecular formula is C20H22N4O2. The third-order valence-corrected chi connectivity index (χ3v) is 4.96. The smallest absolute Gasteiger partial charge is 0.251 e. The average Bonchev–Trinajstić information content (AvgIpc) is 3.21. The average molecular weight is 350 g/mol. The molecule has 0 bridgehead atoms. The standard InChI is InChI=1S/C20H22N4O2/c25-19-6-4-15-12-16(3-5-17(15)23-19)20(26)22-13-14-7-8-21-18(11-14)24-9-1-2-10-24/h3,5,7-8,11-12H,1-2,4,6,9-10,13H2,(H,22,26)(H,23,25). The van der Waals surface area contributed by atoms with E-state index in [4.69, 9.17) is 0 Å². The van der Waals surface area contributed by atoms with Crippen LogP contribution in [0.5, 0.6) is 0 Å². The molecule has 26 heavy (non-hydrogen) atoms. The molecule has 6 nitrogen and oxygen atoms in total. The number of pyridine rings is 1. The first-order valence-electron chi connectivity index (χ1n) is 9.10. The monoisotopic (exact) mass is 350 g/mol. The molecule has 0 aliphatic carbocycles. The molecule has 2 aliphatic heterocycles. The Morgan fingerprint density at radius 3 is 2.85 bits per heavy atom. The van der Waals surface area contributed by atoms with Gasteiger partial charge < -0.3 is 15.5 Å². The third kappa shape index (κ3) is 3.54. The summed E-state index contributed by atoms with van der Waals surface area (Å²) in [6.45, 7) is 2.57. The van der Waals surface area contributed by atoms with Gasteiger partial charge in [0.05, 0.1) is 0 Å². The van der Waals surface area contributed by atoms with E-state index < -0.39 is 0 Å². The van der Waals surface area contributed by atoms with Crippen LogP contribution in [0, 0.1) is 0 Å². The van der Waals surface area contributed by atoms with Gasteiger partial charge in [0.2, 0.25) is 5.91 Å². The Hall–Kier alpha value is -2.89. The van der Waals surface area contributed by atoms with Crippen molar-refractivity contribution in [2.24, 2.45) is 0 Å². The first-order valence-corrected chi connectivity index (χ1v) is 9.10. The highest BCUT2D eigenvalue weighted by Crippen LogP contribution is 2.23. The predicted octanol–water partition coefficient (Wildman–Crippen LogP) is 2.50. The summed E-state index contributed by atoms with van der Waals surface area (Å²) < 4.78 is 0. The Morgan fingerprint density at radius 2 is 2.00 bits per heavy atom. The van der Waals surface area contributed by atoms with E-state index in [0.717, 1.165) is 35.7 Å². The lowest BCUT2D eigenvalue weighted by molar-refractivity contribution is -0.116. The van der Waals surface area contributed by atoms with E-state index in [2.05, 4.69) is 20.5 Å². The number of hydrogen-bond acceptors (Lipinski definition) is 4. The number of hydrogen-bond donors (Lipinski definition) is 2. The van der Waals surface area contributed by atoms with E-state index in [1.54, 1.807) is 18.3 Å². The van der Waals surface area contributed by atoms with Crippen LogP contribution in [0.15, 0.2) is 36.5 Å². The van der Waals surface area contributed by atoms with Crippen molar-refractivity contribution in [3.63, 3.8) is 0 Å². The van der Waals surface area contributed by atoms with Crippen LogP contribution in [0.3, 0.4) is 0 Å². The van der Waals surface area contributed by atoms with Crippen LogP contribution in [0.1, 0.15) is 40.7 Å². The Kier molecular flexibility index (Phi) is 4.56. The van der Waals surface area contributed by atoms with Gasteiger partial charge in [-0.15, -0.1) is 0 Å². The fraction of sp³-hybridized carbons (Fsp3) is 0.350. The molecule has 2 amide bonds. The van der Waals surface area contributed by atoms with Crippen molar-refractivity contribution in [3.8, 4) is 0 Å². The van der Waals surface area contributed by atoms with Gasteiger partial charge in [0.15, 0.2) is 0 Å². The van der Waals surface area contributed by atoms with Gasteiger partial charge in [-0.3, -0.25) is 9.59 Å². The van der Waals surface area contributed by atoms with Gasteiger partial charge in [-0.05, 0) is 60.7 Å². The Balaban J connectivity index is 1.41. The number of rotatable bonds is 4. The number of amides is 2. The Bertz CT molecular complexity index is 843. The zero-order chi connectivity index (χ0) is 17.9. The van der Waals surface area contributed by atoms with E-state index in [0.29, 0.717) is 24.9 Å². The van der Waals surface area contributed by atoms with Crippen molar-refractivity contribution in [2.75, 3.05) is 23.3 Å². The molecule has 3 heterocycles. The molecule has 1 aromatic heterocycles. The highest BCUT2D eigenvalue weighted by atomic mass is 16.2. The number of aromatic nitrogens is 1. The van der Waals surface area contributed by atoms with Crippen LogP contribution in [0.2, 0.25) is 0 Å².